The molecule has 1 heteroatoms. The van der Waals surface area contributed by atoms with Crippen molar-refractivity contribution in [2.75, 3.05) is 0 Å². The molecule has 23 heavy (non-hydrogen) atoms. The molecule has 0 N–H and O–H groups in total. The molecule has 0 spiro atoms. The van der Waals surface area contributed by atoms with Crippen molar-refractivity contribution in [3.63, 3.8) is 0 Å². The van der Waals surface area contributed by atoms with Gasteiger partial charge in [-0.3, -0.25) is 0 Å². The van der Waals surface area contributed by atoms with Crippen molar-refractivity contribution >= 4 is 0 Å². The van der Waals surface area contributed by atoms with E-state index in [1.54, 1.807) is 0 Å². The molecular formula is C22H22O. The Morgan fingerprint density at radius 1 is 0.609 bits per heavy atom. The molecule has 0 saturated heterocycles. The summed E-state index contributed by atoms with van der Waals surface area (Å²) in [6.07, 6.45) is 2.13. The van der Waals surface area contributed by atoms with E-state index in [4.69, 9.17) is 4.74 Å². The van der Waals surface area contributed by atoms with Crippen LogP contribution in [0.1, 0.15) is 29.2 Å². The third-order valence-corrected chi connectivity index (χ3v) is 4.00. The van der Waals surface area contributed by atoms with Gasteiger partial charge in [0.05, 0.1) is 12.7 Å². The van der Waals surface area contributed by atoms with Crippen LogP contribution in [0.2, 0.25) is 0 Å². The molecule has 3 aromatic rings. The van der Waals surface area contributed by atoms with E-state index < -0.39 is 0 Å². The average molecular weight is 302 g/mol. The number of ether oxygens (including phenoxy) is 1. The Morgan fingerprint density at radius 2 is 1.13 bits per heavy atom. The number of hydrogen-bond acceptors (Lipinski definition) is 1. The minimum atomic E-state index is 0.122. The number of rotatable bonds is 7. The molecule has 0 heterocycles. The molecule has 0 fully saturated rings. The quantitative estimate of drug-likeness (QED) is 0.554. The highest BCUT2D eigenvalue weighted by Crippen LogP contribution is 2.24. The van der Waals surface area contributed by atoms with E-state index in [1.807, 2.05) is 6.07 Å². The summed E-state index contributed by atoms with van der Waals surface area (Å²) in [5.74, 6) is 0. The summed E-state index contributed by atoms with van der Waals surface area (Å²) in [6.45, 7) is 0.648. The van der Waals surface area contributed by atoms with Crippen LogP contribution in [0, 0.1) is 0 Å². The van der Waals surface area contributed by atoms with Gasteiger partial charge in [0.1, 0.15) is 0 Å². The van der Waals surface area contributed by atoms with Gasteiger partial charge in [-0.2, -0.15) is 0 Å². The SMILES string of the molecule is c1ccc(CCC(OCc2ccccc2)c2ccccc2)cc1. The largest absolute Gasteiger partial charge is 0.369 e. The smallest absolute Gasteiger partial charge is 0.0832 e. The first kappa shape index (κ1) is 15.5. The highest BCUT2D eigenvalue weighted by Gasteiger charge is 2.12. The molecule has 3 rings (SSSR count). The van der Waals surface area contributed by atoms with Crippen LogP contribution in [0.5, 0.6) is 0 Å². The minimum Gasteiger partial charge on any atom is -0.369 e. The van der Waals surface area contributed by atoms with Crippen molar-refractivity contribution < 1.29 is 4.74 Å². The second-order valence-corrected chi connectivity index (χ2v) is 5.72. The van der Waals surface area contributed by atoms with Gasteiger partial charge in [-0.05, 0) is 29.5 Å². The van der Waals surface area contributed by atoms with Crippen LogP contribution < -0.4 is 0 Å². The van der Waals surface area contributed by atoms with Gasteiger partial charge in [0.15, 0.2) is 0 Å². The first-order chi connectivity index (χ1) is 11.4. The van der Waals surface area contributed by atoms with Gasteiger partial charge in [0, 0.05) is 0 Å². The summed E-state index contributed by atoms with van der Waals surface area (Å²) in [5.41, 5.74) is 3.82. The first-order valence-corrected chi connectivity index (χ1v) is 8.16. The number of hydrogen-bond donors (Lipinski definition) is 0. The van der Waals surface area contributed by atoms with E-state index in [0.717, 1.165) is 12.8 Å². The van der Waals surface area contributed by atoms with Crippen LogP contribution in [0.25, 0.3) is 0 Å². The fraction of sp³-hybridized carbons (Fsp3) is 0.182. The lowest BCUT2D eigenvalue weighted by Crippen LogP contribution is -2.06. The van der Waals surface area contributed by atoms with Crippen LogP contribution in [0.3, 0.4) is 0 Å². The molecule has 1 unspecified atom stereocenters. The molecule has 0 saturated carbocycles. The molecule has 0 bridgehead atoms. The Balaban J connectivity index is 1.66. The van der Waals surface area contributed by atoms with Crippen LogP contribution in [-0.4, -0.2) is 0 Å². The summed E-state index contributed by atoms with van der Waals surface area (Å²) in [5, 5.41) is 0. The highest BCUT2D eigenvalue weighted by atomic mass is 16.5. The van der Waals surface area contributed by atoms with Gasteiger partial charge in [-0.25, -0.2) is 0 Å². The van der Waals surface area contributed by atoms with Gasteiger partial charge >= 0.3 is 0 Å². The van der Waals surface area contributed by atoms with E-state index in [2.05, 4.69) is 84.9 Å². The van der Waals surface area contributed by atoms with Crippen molar-refractivity contribution in [2.24, 2.45) is 0 Å². The topological polar surface area (TPSA) is 9.23 Å². The predicted molar refractivity (Wildman–Crippen MR) is 95.2 cm³/mol. The van der Waals surface area contributed by atoms with E-state index in [9.17, 15) is 0 Å². The number of aryl methyl sites for hydroxylation is 1. The third kappa shape index (κ3) is 4.80. The second kappa shape index (κ2) is 8.30. The fourth-order valence-corrected chi connectivity index (χ4v) is 2.73. The lowest BCUT2D eigenvalue weighted by atomic mass is 10.0. The molecule has 0 amide bonds. The zero-order valence-electron chi connectivity index (χ0n) is 13.3. The summed E-state index contributed by atoms with van der Waals surface area (Å²) in [6, 6.07) is 31.5. The Kier molecular flexibility index (Phi) is 5.60. The van der Waals surface area contributed by atoms with E-state index in [0.29, 0.717) is 6.61 Å². The van der Waals surface area contributed by atoms with Crippen molar-refractivity contribution in [2.45, 2.75) is 25.6 Å². The van der Waals surface area contributed by atoms with Gasteiger partial charge in [-0.1, -0.05) is 91.0 Å². The highest BCUT2D eigenvalue weighted by molar-refractivity contribution is 5.20. The maximum absolute atomic E-state index is 6.24. The van der Waals surface area contributed by atoms with Crippen LogP contribution in [0.15, 0.2) is 91.0 Å². The standard InChI is InChI=1S/C22H22O/c1-4-10-19(11-5-1)16-17-22(21-14-8-3-9-15-21)23-18-20-12-6-2-7-13-20/h1-15,22H,16-18H2. The molecular weight excluding hydrogens is 280 g/mol. The molecule has 0 aliphatic carbocycles. The lowest BCUT2D eigenvalue weighted by Gasteiger charge is -2.19. The molecule has 1 atom stereocenters. The van der Waals surface area contributed by atoms with Crippen molar-refractivity contribution in [3.05, 3.63) is 108 Å². The maximum atomic E-state index is 6.24. The summed E-state index contributed by atoms with van der Waals surface area (Å²) < 4.78 is 6.24. The Bertz CT molecular complexity index is 633. The predicted octanol–water partition coefficient (Wildman–Crippen LogP) is 5.58. The maximum Gasteiger partial charge on any atom is 0.0832 e. The normalized spacial score (nSPS) is 12.0. The number of benzene rings is 3. The van der Waals surface area contributed by atoms with Crippen LogP contribution >= 0.6 is 0 Å². The summed E-state index contributed by atoms with van der Waals surface area (Å²) in [7, 11) is 0. The molecule has 1 nitrogen and oxygen atoms in total. The molecule has 0 aliphatic rings. The summed E-state index contributed by atoms with van der Waals surface area (Å²) in [4.78, 5) is 0. The first-order valence-electron chi connectivity index (χ1n) is 8.16. The molecule has 0 radical (unpaired) electrons. The van der Waals surface area contributed by atoms with Crippen LogP contribution in [0.4, 0.5) is 0 Å². The van der Waals surface area contributed by atoms with Gasteiger partial charge in [0.25, 0.3) is 0 Å². The lowest BCUT2D eigenvalue weighted by molar-refractivity contribution is 0.0341. The third-order valence-electron chi connectivity index (χ3n) is 4.00. The zero-order chi connectivity index (χ0) is 15.7. The Hall–Kier alpha value is -2.38. The zero-order valence-corrected chi connectivity index (χ0v) is 13.3. The van der Waals surface area contributed by atoms with E-state index in [1.165, 1.54) is 16.7 Å². The molecule has 0 aliphatic heterocycles. The molecule has 116 valence electrons. The molecule has 0 aromatic heterocycles. The van der Waals surface area contributed by atoms with Gasteiger partial charge in [0.2, 0.25) is 0 Å². The second-order valence-electron chi connectivity index (χ2n) is 5.72. The Labute approximate surface area is 138 Å². The van der Waals surface area contributed by atoms with Crippen molar-refractivity contribution in [1.29, 1.82) is 0 Å². The monoisotopic (exact) mass is 302 g/mol. The average Bonchev–Trinajstić information content (AvgIpc) is 2.64. The van der Waals surface area contributed by atoms with E-state index >= 15 is 0 Å². The Morgan fingerprint density at radius 3 is 1.74 bits per heavy atom. The summed E-state index contributed by atoms with van der Waals surface area (Å²) >= 11 is 0. The molecule has 3 aromatic carbocycles. The van der Waals surface area contributed by atoms with E-state index in [-0.39, 0.29) is 6.10 Å². The van der Waals surface area contributed by atoms with Gasteiger partial charge < -0.3 is 4.74 Å². The minimum absolute atomic E-state index is 0.122. The van der Waals surface area contributed by atoms with Crippen LogP contribution in [-0.2, 0) is 17.8 Å². The fourth-order valence-electron chi connectivity index (χ4n) is 2.73. The van der Waals surface area contributed by atoms with Crippen molar-refractivity contribution in [3.8, 4) is 0 Å². The van der Waals surface area contributed by atoms with Gasteiger partial charge in [-0.15, -0.1) is 0 Å². The van der Waals surface area contributed by atoms with Crippen molar-refractivity contribution in [1.82, 2.24) is 0 Å².